The van der Waals surface area contributed by atoms with Gasteiger partial charge in [0.1, 0.15) is 0 Å². The van der Waals surface area contributed by atoms with Gasteiger partial charge in [-0.1, -0.05) is 13.8 Å². The van der Waals surface area contributed by atoms with Crippen LogP contribution in [0.5, 0.6) is 0 Å². The van der Waals surface area contributed by atoms with E-state index in [1.54, 1.807) is 0 Å². The highest BCUT2D eigenvalue weighted by Gasteiger charge is 2.24. The highest BCUT2D eigenvalue weighted by Crippen LogP contribution is 2.23. The van der Waals surface area contributed by atoms with Crippen LogP contribution < -0.4 is 10.6 Å². The fourth-order valence-corrected chi connectivity index (χ4v) is 2.81. The first kappa shape index (κ1) is 14.2. The summed E-state index contributed by atoms with van der Waals surface area (Å²) in [5.41, 5.74) is 7.83. The summed E-state index contributed by atoms with van der Waals surface area (Å²) in [6.45, 7) is 5.98. The maximum Gasteiger partial charge on any atom is 0.245 e. The lowest BCUT2D eigenvalue weighted by atomic mass is 10.00. The molecule has 2 N–H and O–H groups in total. The zero-order valence-corrected chi connectivity index (χ0v) is 12.1. The molecule has 19 heavy (non-hydrogen) atoms. The van der Waals surface area contributed by atoms with E-state index in [4.69, 9.17) is 10.7 Å². The van der Waals surface area contributed by atoms with E-state index in [9.17, 15) is 0 Å². The van der Waals surface area contributed by atoms with Crippen molar-refractivity contribution in [2.75, 3.05) is 18.0 Å². The van der Waals surface area contributed by atoms with Crippen molar-refractivity contribution in [3.8, 4) is 0 Å². The van der Waals surface area contributed by atoms with Crippen molar-refractivity contribution in [1.82, 2.24) is 15.2 Å². The Balaban J connectivity index is 2.23. The third kappa shape index (κ3) is 3.21. The Morgan fingerprint density at radius 3 is 2.63 bits per heavy atom. The number of piperidine rings is 1. The number of nitrogens with two attached hydrogens (primary N) is 1. The molecule has 1 unspecified atom stereocenters. The monoisotopic (exact) mass is 263 g/mol. The fourth-order valence-electron chi connectivity index (χ4n) is 2.81. The molecule has 1 aliphatic heterocycles. The van der Waals surface area contributed by atoms with E-state index >= 15 is 0 Å². The van der Waals surface area contributed by atoms with Gasteiger partial charge < -0.3 is 10.6 Å². The van der Waals surface area contributed by atoms with Gasteiger partial charge in [-0.15, -0.1) is 5.10 Å². The van der Waals surface area contributed by atoms with Crippen molar-refractivity contribution in [1.29, 1.82) is 0 Å². The Kier molecular flexibility index (Phi) is 5.07. The lowest BCUT2D eigenvalue weighted by Gasteiger charge is -2.35. The lowest BCUT2D eigenvalue weighted by Crippen LogP contribution is -2.42. The maximum atomic E-state index is 5.72. The topological polar surface area (TPSA) is 67.9 Å². The van der Waals surface area contributed by atoms with Crippen LogP contribution in [0.1, 0.15) is 50.9 Å². The molecule has 0 radical (unpaired) electrons. The highest BCUT2D eigenvalue weighted by molar-refractivity contribution is 5.33. The van der Waals surface area contributed by atoms with Crippen LogP contribution in [0, 0.1) is 0 Å². The molecule has 0 saturated carbocycles. The molecule has 5 heteroatoms. The molecule has 0 aliphatic carbocycles. The molecule has 1 saturated heterocycles. The Bertz CT molecular complexity index is 405. The van der Waals surface area contributed by atoms with Gasteiger partial charge in [-0.25, -0.2) is 4.98 Å². The average molecular weight is 263 g/mol. The van der Waals surface area contributed by atoms with Gasteiger partial charge >= 0.3 is 0 Å². The predicted molar refractivity (Wildman–Crippen MR) is 77.2 cm³/mol. The van der Waals surface area contributed by atoms with E-state index in [2.05, 4.69) is 28.9 Å². The van der Waals surface area contributed by atoms with Crippen LogP contribution in [0.25, 0.3) is 0 Å². The van der Waals surface area contributed by atoms with Crippen LogP contribution in [-0.2, 0) is 12.8 Å². The van der Waals surface area contributed by atoms with Crippen molar-refractivity contribution in [2.24, 2.45) is 5.73 Å². The normalized spacial score (nSPS) is 19.7. The summed E-state index contributed by atoms with van der Waals surface area (Å²) in [5.74, 6) is 0.798. The molecule has 1 aromatic heterocycles. The number of hydrogen-bond donors (Lipinski definition) is 1. The maximum absolute atomic E-state index is 5.72. The van der Waals surface area contributed by atoms with Crippen LogP contribution in [0.3, 0.4) is 0 Å². The Morgan fingerprint density at radius 2 is 1.95 bits per heavy atom. The predicted octanol–water partition coefficient (Wildman–Crippen LogP) is 1.70. The van der Waals surface area contributed by atoms with Crippen LogP contribution in [0.2, 0.25) is 0 Å². The highest BCUT2D eigenvalue weighted by atomic mass is 15.3. The fraction of sp³-hybridized carbons (Fsp3) is 0.786. The second-order valence-electron chi connectivity index (χ2n) is 5.13. The first-order valence-electron chi connectivity index (χ1n) is 7.49. The third-order valence-electron chi connectivity index (χ3n) is 3.88. The minimum Gasteiger partial charge on any atom is -0.336 e. The Labute approximate surface area is 115 Å². The van der Waals surface area contributed by atoms with Crippen LogP contribution in [-0.4, -0.2) is 34.3 Å². The number of aromatic nitrogens is 3. The summed E-state index contributed by atoms with van der Waals surface area (Å²) in [6.07, 6.45) is 6.51. The average Bonchev–Trinajstić information content (AvgIpc) is 2.47. The largest absolute Gasteiger partial charge is 0.336 e. The van der Waals surface area contributed by atoms with Crippen molar-refractivity contribution in [3.63, 3.8) is 0 Å². The number of nitrogens with zero attached hydrogens (tertiary/aromatic N) is 4. The minimum atomic E-state index is 0.484. The molecular weight excluding hydrogens is 238 g/mol. The second-order valence-corrected chi connectivity index (χ2v) is 5.13. The quantitative estimate of drug-likeness (QED) is 0.876. The molecule has 106 valence electrons. The molecule has 1 aliphatic rings. The van der Waals surface area contributed by atoms with Gasteiger partial charge in [0.2, 0.25) is 5.95 Å². The zero-order valence-electron chi connectivity index (χ0n) is 12.1. The van der Waals surface area contributed by atoms with Gasteiger partial charge in [0, 0.05) is 12.6 Å². The van der Waals surface area contributed by atoms with E-state index in [-0.39, 0.29) is 0 Å². The van der Waals surface area contributed by atoms with Gasteiger partial charge in [-0.3, -0.25) is 0 Å². The number of rotatable bonds is 5. The van der Waals surface area contributed by atoms with Crippen LogP contribution in [0.15, 0.2) is 0 Å². The SMILES string of the molecule is CCc1nnc(N2CCCCC2CCN)nc1CC. The Hall–Kier alpha value is -1.23. The first-order chi connectivity index (χ1) is 9.30. The number of aryl methyl sites for hydroxylation is 2. The van der Waals surface area contributed by atoms with Gasteiger partial charge in [-0.2, -0.15) is 5.10 Å². The van der Waals surface area contributed by atoms with Gasteiger partial charge in [0.15, 0.2) is 0 Å². The lowest BCUT2D eigenvalue weighted by molar-refractivity contribution is 0.433. The number of hydrogen-bond acceptors (Lipinski definition) is 5. The summed E-state index contributed by atoms with van der Waals surface area (Å²) < 4.78 is 0. The zero-order chi connectivity index (χ0) is 13.7. The third-order valence-corrected chi connectivity index (χ3v) is 3.88. The van der Waals surface area contributed by atoms with Crippen LogP contribution in [0.4, 0.5) is 5.95 Å². The molecule has 0 aromatic carbocycles. The van der Waals surface area contributed by atoms with Crippen molar-refractivity contribution in [3.05, 3.63) is 11.4 Å². The summed E-state index contributed by atoms with van der Waals surface area (Å²) in [4.78, 5) is 7.04. The standard InChI is InChI=1S/C14H25N5/c1-3-12-13(4-2)17-18-14(16-12)19-10-6-5-7-11(19)8-9-15/h11H,3-10,15H2,1-2H3. The van der Waals surface area contributed by atoms with Crippen LogP contribution >= 0.6 is 0 Å². The summed E-state index contributed by atoms with van der Waals surface area (Å²) in [7, 11) is 0. The molecule has 2 heterocycles. The smallest absolute Gasteiger partial charge is 0.245 e. The molecule has 2 rings (SSSR count). The summed E-state index contributed by atoms with van der Waals surface area (Å²) in [5, 5.41) is 8.69. The molecule has 0 amide bonds. The van der Waals surface area contributed by atoms with Crippen molar-refractivity contribution in [2.45, 2.75) is 58.4 Å². The van der Waals surface area contributed by atoms with Crippen molar-refractivity contribution >= 4 is 5.95 Å². The molecule has 1 aromatic rings. The van der Waals surface area contributed by atoms with E-state index in [0.29, 0.717) is 6.04 Å². The molecule has 0 bridgehead atoms. The van der Waals surface area contributed by atoms with E-state index in [1.807, 2.05) is 0 Å². The molecule has 1 atom stereocenters. The summed E-state index contributed by atoms with van der Waals surface area (Å²) >= 11 is 0. The molecular formula is C14H25N5. The Morgan fingerprint density at radius 1 is 1.16 bits per heavy atom. The van der Waals surface area contributed by atoms with Gasteiger partial charge in [0.25, 0.3) is 0 Å². The van der Waals surface area contributed by atoms with E-state index < -0.39 is 0 Å². The minimum absolute atomic E-state index is 0.484. The second kappa shape index (κ2) is 6.80. The molecule has 0 spiro atoms. The summed E-state index contributed by atoms with van der Waals surface area (Å²) in [6, 6.07) is 0.484. The molecule has 1 fully saturated rings. The van der Waals surface area contributed by atoms with Crippen molar-refractivity contribution < 1.29 is 0 Å². The van der Waals surface area contributed by atoms with E-state index in [1.165, 1.54) is 19.3 Å². The van der Waals surface area contributed by atoms with E-state index in [0.717, 1.165) is 49.7 Å². The number of anilines is 1. The van der Waals surface area contributed by atoms with Gasteiger partial charge in [0.05, 0.1) is 11.4 Å². The van der Waals surface area contributed by atoms with Gasteiger partial charge in [-0.05, 0) is 45.1 Å². The first-order valence-corrected chi connectivity index (χ1v) is 7.49. The molecule has 5 nitrogen and oxygen atoms in total.